The second kappa shape index (κ2) is 9.68. The van der Waals surface area contributed by atoms with E-state index < -0.39 is 9.84 Å². The van der Waals surface area contributed by atoms with Crippen molar-refractivity contribution in [2.45, 2.75) is 18.7 Å². The van der Waals surface area contributed by atoms with Gasteiger partial charge in [0.25, 0.3) is 5.91 Å². The number of fused-ring (bicyclic) bond motifs is 2. The highest BCUT2D eigenvalue weighted by atomic mass is 35.5. The van der Waals surface area contributed by atoms with Gasteiger partial charge >= 0.3 is 0 Å². The maximum Gasteiger partial charge on any atom is 0.271 e. The van der Waals surface area contributed by atoms with E-state index >= 15 is 0 Å². The molecule has 0 unspecified atom stereocenters. The highest BCUT2D eigenvalue weighted by Gasteiger charge is 2.26. The van der Waals surface area contributed by atoms with E-state index in [0.29, 0.717) is 33.6 Å². The molecular formula is C23H24ClN3O3S3. The van der Waals surface area contributed by atoms with E-state index in [1.807, 2.05) is 24.3 Å². The van der Waals surface area contributed by atoms with E-state index in [-0.39, 0.29) is 10.8 Å². The Morgan fingerprint density at radius 3 is 2.42 bits per heavy atom. The fourth-order valence-corrected chi connectivity index (χ4v) is 6.79. The molecule has 6 nitrogen and oxygen atoms in total. The molecule has 0 bridgehead atoms. The number of rotatable bonds is 8. The molecule has 0 radical (unpaired) electrons. The molecule has 10 heteroatoms. The summed E-state index contributed by atoms with van der Waals surface area (Å²) in [5, 5.41) is 1.84. The molecule has 0 saturated heterocycles. The van der Waals surface area contributed by atoms with Crippen LogP contribution in [0, 0.1) is 0 Å². The molecule has 2 aromatic carbocycles. The molecule has 0 N–H and O–H groups in total. The summed E-state index contributed by atoms with van der Waals surface area (Å²) in [4.78, 5) is 23.0. The van der Waals surface area contributed by atoms with Crippen molar-refractivity contribution < 1.29 is 13.2 Å². The SMILES string of the molecule is CCN(CC)CCN(C(=O)c1sc2ccccc2c1Cl)c1nc2ccc(S(C)(=O)=O)cc2s1. The second-order valence-electron chi connectivity index (χ2n) is 7.62. The number of sulfone groups is 1. The van der Waals surface area contributed by atoms with Crippen molar-refractivity contribution in [1.82, 2.24) is 9.88 Å². The molecule has 0 aliphatic rings. The maximum atomic E-state index is 13.7. The van der Waals surface area contributed by atoms with Crippen molar-refractivity contribution in [3.8, 4) is 0 Å². The molecule has 33 heavy (non-hydrogen) atoms. The summed E-state index contributed by atoms with van der Waals surface area (Å²) < 4.78 is 25.6. The van der Waals surface area contributed by atoms with Crippen molar-refractivity contribution in [2.75, 3.05) is 37.3 Å². The number of anilines is 1. The zero-order valence-corrected chi connectivity index (χ0v) is 21.7. The van der Waals surface area contributed by atoms with Crippen molar-refractivity contribution in [2.24, 2.45) is 0 Å². The monoisotopic (exact) mass is 521 g/mol. The zero-order valence-electron chi connectivity index (χ0n) is 18.5. The quantitative estimate of drug-likeness (QED) is 0.304. The number of thiazole rings is 1. The smallest absolute Gasteiger partial charge is 0.271 e. The summed E-state index contributed by atoms with van der Waals surface area (Å²) in [6.45, 7) is 7.06. The van der Waals surface area contributed by atoms with Gasteiger partial charge in [0.15, 0.2) is 15.0 Å². The first-order chi connectivity index (χ1) is 15.7. The number of benzene rings is 2. The third-order valence-electron chi connectivity index (χ3n) is 5.52. The van der Waals surface area contributed by atoms with Gasteiger partial charge in [0, 0.05) is 29.4 Å². The van der Waals surface area contributed by atoms with Crippen LogP contribution in [0.25, 0.3) is 20.3 Å². The van der Waals surface area contributed by atoms with E-state index in [0.717, 1.165) is 27.9 Å². The van der Waals surface area contributed by atoms with Crippen LogP contribution in [0.1, 0.15) is 23.5 Å². The lowest BCUT2D eigenvalue weighted by atomic mass is 10.2. The van der Waals surface area contributed by atoms with Gasteiger partial charge in [-0.25, -0.2) is 13.4 Å². The lowest BCUT2D eigenvalue weighted by Gasteiger charge is -2.24. The van der Waals surface area contributed by atoms with E-state index in [2.05, 4.69) is 23.7 Å². The number of hydrogen-bond donors (Lipinski definition) is 0. The molecule has 0 atom stereocenters. The van der Waals surface area contributed by atoms with E-state index in [9.17, 15) is 13.2 Å². The van der Waals surface area contributed by atoms with Crippen molar-refractivity contribution in [1.29, 1.82) is 0 Å². The number of halogens is 1. The minimum atomic E-state index is -3.34. The first kappa shape index (κ1) is 24.1. The molecular weight excluding hydrogens is 498 g/mol. The number of carbonyl (C=O) groups is 1. The van der Waals surface area contributed by atoms with E-state index in [1.54, 1.807) is 23.1 Å². The molecule has 0 fully saturated rings. The van der Waals surface area contributed by atoms with Gasteiger partial charge in [-0.2, -0.15) is 0 Å². The second-order valence-corrected chi connectivity index (χ2v) is 12.1. The van der Waals surface area contributed by atoms with Crippen LogP contribution in [-0.2, 0) is 9.84 Å². The molecule has 0 aliphatic carbocycles. The van der Waals surface area contributed by atoms with E-state index in [1.165, 1.54) is 28.9 Å². The number of nitrogens with zero attached hydrogens (tertiary/aromatic N) is 3. The Morgan fingerprint density at radius 1 is 1.03 bits per heavy atom. The standard InChI is InChI=1S/C23H24ClN3O3S3/c1-4-26(5-2)12-13-27(22(28)21-20(24)16-8-6-7-9-18(16)31-21)23-25-17-11-10-15(33(3,29)30)14-19(17)32-23/h6-11,14H,4-5,12-13H2,1-3H3. The highest BCUT2D eigenvalue weighted by Crippen LogP contribution is 2.38. The first-order valence-corrected chi connectivity index (χ1v) is 14.4. The Bertz CT molecular complexity index is 1420. The molecule has 0 saturated carbocycles. The van der Waals surface area contributed by atoms with Gasteiger partial charge in [0.1, 0.15) is 4.88 Å². The topological polar surface area (TPSA) is 70.6 Å². The van der Waals surface area contributed by atoms with Gasteiger partial charge in [-0.1, -0.05) is 55.0 Å². The normalized spacial score (nSPS) is 12.2. The Labute approximate surface area is 206 Å². The average molecular weight is 522 g/mol. The van der Waals surface area contributed by atoms with Crippen LogP contribution < -0.4 is 4.90 Å². The predicted molar refractivity (Wildman–Crippen MR) is 139 cm³/mol. The molecule has 0 aliphatic heterocycles. The first-order valence-electron chi connectivity index (χ1n) is 10.5. The van der Waals surface area contributed by atoms with Crippen LogP contribution in [0.4, 0.5) is 5.13 Å². The summed E-state index contributed by atoms with van der Waals surface area (Å²) in [5.41, 5.74) is 0.658. The van der Waals surface area contributed by atoms with Crippen LogP contribution in [0.15, 0.2) is 47.4 Å². The number of amides is 1. The molecule has 174 valence electrons. The number of carbonyl (C=O) groups excluding carboxylic acids is 1. The van der Waals surface area contributed by atoms with Gasteiger partial charge in [-0.15, -0.1) is 11.3 Å². The Morgan fingerprint density at radius 2 is 1.76 bits per heavy atom. The van der Waals surface area contributed by atoms with Crippen LogP contribution in [-0.4, -0.2) is 56.6 Å². The lowest BCUT2D eigenvalue weighted by Crippen LogP contribution is -2.38. The van der Waals surface area contributed by atoms with Gasteiger partial charge in [0.05, 0.1) is 20.1 Å². The third kappa shape index (κ3) is 4.93. The highest BCUT2D eigenvalue weighted by molar-refractivity contribution is 7.90. The van der Waals surface area contributed by atoms with Crippen LogP contribution >= 0.6 is 34.3 Å². The Balaban J connectivity index is 1.77. The van der Waals surface area contributed by atoms with Crippen molar-refractivity contribution in [3.05, 3.63) is 52.4 Å². The van der Waals surface area contributed by atoms with Crippen LogP contribution in [0.5, 0.6) is 0 Å². The summed E-state index contributed by atoms with van der Waals surface area (Å²) in [5.74, 6) is -0.198. The average Bonchev–Trinajstić information content (AvgIpc) is 3.36. The molecule has 4 rings (SSSR count). The van der Waals surface area contributed by atoms with Crippen molar-refractivity contribution >= 4 is 75.5 Å². The van der Waals surface area contributed by atoms with E-state index in [4.69, 9.17) is 11.6 Å². The lowest BCUT2D eigenvalue weighted by molar-refractivity contribution is 0.0988. The molecule has 0 spiro atoms. The zero-order chi connectivity index (χ0) is 23.8. The van der Waals surface area contributed by atoms with Crippen LogP contribution in [0.2, 0.25) is 5.02 Å². The van der Waals surface area contributed by atoms with Gasteiger partial charge < -0.3 is 4.90 Å². The van der Waals surface area contributed by atoms with Crippen molar-refractivity contribution in [3.63, 3.8) is 0 Å². The number of likely N-dealkylation sites (N-methyl/N-ethyl adjacent to an activating group) is 1. The maximum absolute atomic E-state index is 13.7. The largest absolute Gasteiger partial charge is 0.302 e. The minimum Gasteiger partial charge on any atom is -0.302 e. The van der Waals surface area contributed by atoms with Gasteiger partial charge in [-0.05, 0) is 37.4 Å². The fraction of sp³-hybridized carbons (Fsp3) is 0.304. The summed E-state index contributed by atoms with van der Waals surface area (Å²) >= 11 is 9.30. The van der Waals surface area contributed by atoms with Gasteiger partial charge in [0.2, 0.25) is 0 Å². The molecule has 2 aromatic heterocycles. The molecule has 1 amide bonds. The number of thiophene rings is 1. The minimum absolute atomic E-state index is 0.198. The Kier molecular flexibility index (Phi) is 7.07. The number of aromatic nitrogens is 1. The summed E-state index contributed by atoms with van der Waals surface area (Å²) in [6.07, 6.45) is 1.18. The predicted octanol–water partition coefficient (Wildman–Crippen LogP) is 5.56. The molecule has 4 aromatic rings. The van der Waals surface area contributed by atoms with Crippen LogP contribution in [0.3, 0.4) is 0 Å². The summed E-state index contributed by atoms with van der Waals surface area (Å²) in [6, 6.07) is 12.5. The molecule has 2 heterocycles. The Hall–Kier alpha value is -2.04. The summed E-state index contributed by atoms with van der Waals surface area (Å²) in [7, 11) is -3.34. The number of hydrogen-bond acceptors (Lipinski definition) is 7. The third-order valence-corrected chi connectivity index (χ3v) is 9.33. The fourth-order valence-electron chi connectivity index (χ4n) is 3.58. The van der Waals surface area contributed by atoms with Gasteiger partial charge in [-0.3, -0.25) is 9.69 Å².